The van der Waals surface area contributed by atoms with E-state index in [1.807, 2.05) is 6.92 Å². The quantitative estimate of drug-likeness (QED) is 0.768. The van der Waals surface area contributed by atoms with Crippen molar-refractivity contribution >= 4 is 11.5 Å². The summed E-state index contributed by atoms with van der Waals surface area (Å²) in [7, 11) is 0. The summed E-state index contributed by atoms with van der Waals surface area (Å²) in [6.45, 7) is 2.00. The molecule has 1 unspecified atom stereocenters. The van der Waals surface area contributed by atoms with Gasteiger partial charge >= 0.3 is 0 Å². The average Bonchev–Trinajstić information content (AvgIpc) is 2.73. The number of nitrogens with zero attached hydrogens (tertiary/aromatic N) is 2. The zero-order chi connectivity index (χ0) is 8.55. The number of hydrogen-bond acceptors (Lipinski definition) is 4. The fraction of sp³-hybridized carbons (Fsp3) is 0.750. The van der Waals surface area contributed by atoms with Gasteiger partial charge in [0.15, 0.2) is 0 Å². The highest BCUT2D eigenvalue weighted by molar-refractivity contribution is 7.05. The summed E-state index contributed by atoms with van der Waals surface area (Å²) >= 11 is 1.51. The van der Waals surface area contributed by atoms with E-state index >= 15 is 0 Å². The molecular formula is C8H13N3S. The van der Waals surface area contributed by atoms with E-state index in [1.54, 1.807) is 0 Å². The van der Waals surface area contributed by atoms with Crippen LogP contribution in [0.3, 0.4) is 0 Å². The molecule has 12 heavy (non-hydrogen) atoms. The van der Waals surface area contributed by atoms with Gasteiger partial charge in [-0.1, -0.05) is 0 Å². The molecule has 1 aromatic heterocycles. The van der Waals surface area contributed by atoms with Crippen molar-refractivity contribution < 1.29 is 0 Å². The fourth-order valence-corrected chi connectivity index (χ4v) is 1.99. The molecule has 1 atom stereocenters. The fourth-order valence-electron chi connectivity index (χ4n) is 1.13. The van der Waals surface area contributed by atoms with Crippen LogP contribution < -0.4 is 5.73 Å². The molecule has 1 aromatic rings. The minimum absolute atomic E-state index is 0.199. The zero-order valence-corrected chi connectivity index (χ0v) is 7.97. The Morgan fingerprint density at radius 1 is 1.67 bits per heavy atom. The predicted octanol–water partition coefficient (Wildman–Crippen LogP) is 1.31. The van der Waals surface area contributed by atoms with E-state index in [1.165, 1.54) is 24.4 Å². The topological polar surface area (TPSA) is 51.8 Å². The van der Waals surface area contributed by atoms with Gasteiger partial charge in [0.2, 0.25) is 0 Å². The van der Waals surface area contributed by atoms with Gasteiger partial charge in [0.05, 0.1) is 0 Å². The maximum Gasteiger partial charge on any atom is 0.145 e. The van der Waals surface area contributed by atoms with Gasteiger partial charge in [-0.15, -0.1) is 0 Å². The molecule has 0 amide bonds. The van der Waals surface area contributed by atoms with Crippen molar-refractivity contribution in [2.75, 3.05) is 0 Å². The standard InChI is InChI=1S/C8H13N3S/c1-5(9)4-7-10-8(11-12-7)6-2-3-6/h5-6H,2-4,9H2,1H3. The maximum atomic E-state index is 5.66. The predicted molar refractivity (Wildman–Crippen MR) is 49.2 cm³/mol. The van der Waals surface area contributed by atoms with Crippen LogP contribution in [0.4, 0.5) is 0 Å². The molecule has 4 heteroatoms. The Labute approximate surface area is 76.2 Å². The lowest BCUT2D eigenvalue weighted by Gasteiger charge is -1.97. The summed E-state index contributed by atoms with van der Waals surface area (Å²) in [4.78, 5) is 4.44. The first-order valence-electron chi connectivity index (χ1n) is 4.34. The molecule has 0 spiro atoms. The molecule has 0 aliphatic heterocycles. The molecule has 1 saturated carbocycles. The third-order valence-electron chi connectivity index (χ3n) is 1.92. The Hall–Kier alpha value is -0.480. The van der Waals surface area contributed by atoms with Crippen molar-refractivity contribution in [3.05, 3.63) is 10.8 Å². The second-order valence-electron chi connectivity index (χ2n) is 3.50. The first-order valence-corrected chi connectivity index (χ1v) is 5.11. The van der Waals surface area contributed by atoms with Gasteiger partial charge in [-0.25, -0.2) is 4.98 Å². The molecule has 0 saturated heterocycles. The Bertz CT molecular complexity index is 265. The largest absolute Gasteiger partial charge is 0.328 e. The van der Waals surface area contributed by atoms with Gasteiger partial charge in [0, 0.05) is 18.4 Å². The summed E-state index contributed by atoms with van der Waals surface area (Å²) in [6.07, 6.45) is 3.41. The lowest BCUT2D eigenvalue weighted by Crippen LogP contribution is -2.17. The molecule has 0 radical (unpaired) electrons. The summed E-state index contributed by atoms with van der Waals surface area (Å²) in [5, 5.41) is 1.09. The van der Waals surface area contributed by atoms with Crippen molar-refractivity contribution in [1.29, 1.82) is 0 Å². The molecule has 66 valence electrons. The Morgan fingerprint density at radius 3 is 3.00 bits per heavy atom. The molecule has 3 nitrogen and oxygen atoms in total. The third kappa shape index (κ3) is 1.81. The van der Waals surface area contributed by atoms with Crippen molar-refractivity contribution in [1.82, 2.24) is 9.36 Å². The maximum absolute atomic E-state index is 5.66. The molecule has 0 aromatic carbocycles. The van der Waals surface area contributed by atoms with Crippen LogP contribution in [0.2, 0.25) is 0 Å². The van der Waals surface area contributed by atoms with E-state index in [-0.39, 0.29) is 6.04 Å². The Morgan fingerprint density at radius 2 is 2.42 bits per heavy atom. The van der Waals surface area contributed by atoms with E-state index in [0.717, 1.165) is 17.3 Å². The van der Waals surface area contributed by atoms with Crippen LogP contribution in [0.25, 0.3) is 0 Å². The highest BCUT2D eigenvalue weighted by Gasteiger charge is 2.27. The second-order valence-corrected chi connectivity index (χ2v) is 4.34. The molecule has 1 fully saturated rings. The van der Waals surface area contributed by atoms with E-state index in [9.17, 15) is 0 Å². The molecule has 2 rings (SSSR count). The van der Waals surface area contributed by atoms with Gasteiger partial charge in [0.1, 0.15) is 10.8 Å². The summed E-state index contributed by atoms with van der Waals surface area (Å²) < 4.78 is 4.31. The minimum atomic E-state index is 0.199. The summed E-state index contributed by atoms with van der Waals surface area (Å²) in [5.74, 6) is 1.72. The number of rotatable bonds is 3. The van der Waals surface area contributed by atoms with Crippen LogP contribution in [-0.2, 0) is 6.42 Å². The molecule has 2 N–H and O–H groups in total. The van der Waals surface area contributed by atoms with Crippen LogP contribution in [0, 0.1) is 0 Å². The van der Waals surface area contributed by atoms with Crippen LogP contribution in [-0.4, -0.2) is 15.4 Å². The van der Waals surface area contributed by atoms with Gasteiger partial charge in [-0.2, -0.15) is 4.37 Å². The lowest BCUT2D eigenvalue weighted by atomic mass is 10.3. The van der Waals surface area contributed by atoms with Crippen molar-refractivity contribution in [2.24, 2.45) is 5.73 Å². The molecule has 1 aliphatic rings. The molecule has 0 bridgehead atoms. The minimum Gasteiger partial charge on any atom is -0.328 e. The Balaban J connectivity index is 2.03. The van der Waals surface area contributed by atoms with E-state index in [0.29, 0.717) is 5.92 Å². The van der Waals surface area contributed by atoms with Crippen molar-refractivity contribution in [2.45, 2.75) is 38.1 Å². The molecular weight excluding hydrogens is 170 g/mol. The third-order valence-corrected chi connectivity index (χ3v) is 2.67. The SMILES string of the molecule is CC(N)Cc1nc(C2CC2)ns1. The monoisotopic (exact) mass is 183 g/mol. The van der Waals surface area contributed by atoms with Gasteiger partial charge < -0.3 is 5.73 Å². The zero-order valence-electron chi connectivity index (χ0n) is 7.16. The lowest BCUT2D eigenvalue weighted by molar-refractivity contribution is 0.730. The Kier molecular flexibility index (Phi) is 2.11. The smallest absolute Gasteiger partial charge is 0.145 e. The van der Waals surface area contributed by atoms with Crippen LogP contribution in [0.5, 0.6) is 0 Å². The van der Waals surface area contributed by atoms with E-state index < -0.39 is 0 Å². The van der Waals surface area contributed by atoms with E-state index in [4.69, 9.17) is 5.73 Å². The highest BCUT2D eigenvalue weighted by atomic mass is 32.1. The van der Waals surface area contributed by atoms with Crippen LogP contribution >= 0.6 is 11.5 Å². The number of aromatic nitrogens is 2. The van der Waals surface area contributed by atoms with Crippen molar-refractivity contribution in [3.8, 4) is 0 Å². The average molecular weight is 183 g/mol. The normalized spacial score (nSPS) is 19.5. The van der Waals surface area contributed by atoms with Gasteiger partial charge in [0.25, 0.3) is 0 Å². The summed E-state index contributed by atoms with van der Waals surface area (Å²) in [5.41, 5.74) is 5.66. The van der Waals surface area contributed by atoms with E-state index in [2.05, 4.69) is 9.36 Å². The molecule has 1 heterocycles. The van der Waals surface area contributed by atoms with Gasteiger partial charge in [-0.3, -0.25) is 0 Å². The van der Waals surface area contributed by atoms with Crippen LogP contribution in [0.15, 0.2) is 0 Å². The first-order chi connectivity index (χ1) is 5.75. The first kappa shape index (κ1) is 8.13. The van der Waals surface area contributed by atoms with Crippen molar-refractivity contribution in [3.63, 3.8) is 0 Å². The summed E-state index contributed by atoms with van der Waals surface area (Å²) in [6, 6.07) is 0.199. The second kappa shape index (κ2) is 3.11. The highest BCUT2D eigenvalue weighted by Crippen LogP contribution is 2.38. The molecule has 1 aliphatic carbocycles. The number of nitrogens with two attached hydrogens (primary N) is 1. The number of hydrogen-bond donors (Lipinski definition) is 1. The van der Waals surface area contributed by atoms with Crippen LogP contribution in [0.1, 0.15) is 36.5 Å². The van der Waals surface area contributed by atoms with Gasteiger partial charge in [-0.05, 0) is 31.3 Å².